The number of nitrogens with one attached hydrogen (secondary N) is 2. The van der Waals surface area contributed by atoms with Gasteiger partial charge in [-0.3, -0.25) is 9.59 Å². The Morgan fingerprint density at radius 3 is 2.17 bits per heavy atom. The summed E-state index contributed by atoms with van der Waals surface area (Å²) in [4.78, 5) is 27.3. The van der Waals surface area contributed by atoms with E-state index in [-0.39, 0.29) is 17.5 Å². The van der Waals surface area contributed by atoms with E-state index >= 15 is 0 Å². The van der Waals surface area contributed by atoms with Crippen molar-refractivity contribution in [2.75, 3.05) is 27.2 Å². The topological polar surface area (TPSA) is 61.4 Å². The van der Waals surface area contributed by atoms with Crippen LogP contribution >= 0.6 is 0 Å². The van der Waals surface area contributed by atoms with Gasteiger partial charge in [0.05, 0.1) is 0 Å². The zero-order chi connectivity index (χ0) is 21.4. The minimum absolute atomic E-state index is 0.228. The number of nitrogens with zero attached hydrogens (tertiary/aromatic N) is 1. The fourth-order valence-electron chi connectivity index (χ4n) is 2.69. The molecule has 0 heterocycles. The minimum Gasteiger partial charge on any atom is -0.349 e. The average Bonchev–Trinajstić information content (AvgIpc) is 2.68. The predicted molar refractivity (Wildman–Crippen MR) is 119 cm³/mol. The molecule has 0 saturated heterocycles. The Hall–Kier alpha value is -2.92. The van der Waals surface area contributed by atoms with Crippen molar-refractivity contribution < 1.29 is 9.59 Å². The summed E-state index contributed by atoms with van der Waals surface area (Å²) in [6.07, 6.45) is 1.71. The third-order valence-electron chi connectivity index (χ3n) is 4.57. The lowest BCUT2D eigenvalue weighted by molar-refractivity contribution is -0.117. The normalized spacial score (nSPS) is 11.6. The van der Waals surface area contributed by atoms with Crippen LogP contribution in [0.15, 0.2) is 54.2 Å². The molecule has 154 valence electrons. The molecular formula is C24H31N3O2. The van der Waals surface area contributed by atoms with Gasteiger partial charge in [0.25, 0.3) is 11.8 Å². The Morgan fingerprint density at radius 2 is 1.62 bits per heavy atom. The van der Waals surface area contributed by atoms with E-state index in [2.05, 4.69) is 24.5 Å². The Labute approximate surface area is 173 Å². The van der Waals surface area contributed by atoms with Crippen LogP contribution in [-0.2, 0) is 4.79 Å². The van der Waals surface area contributed by atoms with Crippen LogP contribution in [0.25, 0.3) is 6.08 Å². The molecule has 0 aromatic heterocycles. The highest BCUT2D eigenvalue weighted by atomic mass is 16.2. The molecule has 0 radical (unpaired) electrons. The molecule has 0 unspecified atom stereocenters. The summed E-state index contributed by atoms with van der Waals surface area (Å²) in [6.45, 7) is 7.45. The van der Waals surface area contributed by atoms with Crippen LogP contribution in [0.5, 0.6) is 0 Å². The lowest BCUT2D eigenvalue weighted by Gasteiger charge is -2.14. The van der Waals surface area contributed by atoms with E-state index in [4.69, 9.17) is 0 Å². The number of likely N-dealkylation sites (N-methyl/N-ethyl adjacent to an activating group) is 1. The second kappa shape index (κ2) is 10.6. The molecule has 2 N–H and O–H groups in total. The third-order valence-corrected chi connectivity index (χ3v) is 4.57. The van der Waals surface area contributed by atoms with Crippen LogP contribution in [0, 0.1) is 6.92 Å². The zero-order valence-corrected chi connectivity index (χ0v) is 18.0. The fraction of sp³-hybridized carbons (Fsp3) is 0.333. The van der Waals surface area contributed by atoms with Crippen molar-refractivity contribution in [1.29, 1.82) is 0 Å². The van der Waals surface area contributed by atoms with Gasteiger partial charge < -0.3 is 15.5 Å². The summed E-state index contributed by atoms with van der Waals surface area (Å²) < 4.78 is 0. The number of rotatable bonds is 8. The molecule has 2 aromatic rings. The van der Waals surface area contributed by atoms with Gasteiger partial charge in [0.1, 0.15) is 5.70 Å². The van der Waals surface area contributed by atoms with Crippen molar-refractivity contribution in [3.63, 3.8) is 0 Å². The van der Waals surface area contributed by atoms with Gasteiger partial charge >= 0.3 is 0 Å². The van der Waals surface area contributed by atoms with Crippen LogP contribution in [0.4, 0.5) is 0 Å². The quantitative estimate of drug-likeness (QED) is 0.674. The maximum atomic E-state index is 12.7. The van der Waals surface area contributed by atoms with E-state index in [1.165, 1.54) is 5.56 Å². The Balaban J connectivity index is 2.22. The lowest BCUT2D eigenvalue weighted by atomic mass is 10.0. The number of hydrogen-bond donors (Lipinski definition) is 2. The van der Waals surface area contributed by atoms with Crippen LogP contribution in [-0.4, -0.2) is 43.9 Å². The molecule has 2 amide bonds. The standard InChI is InChI=1S/C24H31N3O2/c1-17(2)20-12-8-19(9-13-20)16-22(24(29)25-14-15-27(4)5)26-23(28)21-10-6-18(3)7-11-21/h6-13,16-17H,14-15H2,1-5H3,(H,25,29)(H,26,28). The zero-order valence-electron chi connectivity index (χ0n) is 18.0. The number of amides is 2. The molecule has 2 aromatic carbocycles. The fourth-order valence-corrected chi connectivity index (χ4v) is 2.69. The van der Waals surface area contributed by atoms with Crippen molar-refractivity contribution in [3.05, 3.63) is 76.5 Å². The highest BCUT2D eigenvalue weighted by Gasteiger charge is 2.14. The van der Waals surface area contributed by atoms with E-state index in [9.17, 15) is 9.59 Å². The van der Waals surface area contributed by atoms with E-state index in [0.29, 0.717) is 24.6 Å². The largest absolute Gasteiger partial charge is 0.349 e. The van der Waals surface area contributed by atoms with E-state index in [1.807, 2.05) is 62.3 Å². The summed E-state index contributed by atoms with van der Waals surface area (Å²) in [5.41, 5.74) is 3.90. The molecule has 0 bridgehead atoms. The van der Waals surface area contributed by atoms with Crippen molar-refractivity contribution in [3.8, 4) is 0 Å². The molecule has 0 fully saturated rings. The molecule has 0 aliphatic heterocycles. The Bertz CT molecular complexity index is 851. The van der Waals surface area contributed by atoms with Gasteiger partial charge in [-0.05, 0) is 56.3 Å². The summed E-state index contributed by atoms with van der Waals surface area (Å²) >= 11 is 0. The van der Waals surface area contributed by atoms with Gasteiger partial charge in [0, 0.05) is 18.7 Å². The van der Waals surface area contributed by atoms with Gasteiger partial charge in [-0.1, -0.05) is 55.8 Å². The number of hydrogen-bond acceptors (Lipinski definition) is 3. The highest BCUT2D eigenvalue weighted by molar-refractivity contribution is 6.05. The first-order valence-corrected chi connectivity index (χ1v) is 9.89. The smallest absolute Gasteiger partial charge is 0.267 e. The molecule has 5 nitrogen and oxygen atoms in total. The maximum absolute atomic E-state index is 12.7. The van der Waals surface area contributed by atoms with E-state index < -0.39 is 0 Å². The van der Waals surface area contributed by atoms with Crippen molar-refractivity contribution in [1.82, 2.24) is 15.5 Å². The van der Waals surface area contributed by atoms with Crippen molar-refractivity contribution in [2.24, 2.45) is 0 Å². The van der Waals surface area contributed by atoms with Crippen molar-refractivity contribution >= 4 is 17.9 Å². The molecule has 5 heteroatoms. The van der Waals surface area contributed by atoms with Gasteiger partial charge in [-0.25, -0.2) is 0 Å². The predicted octanol–water partition coefficient (Wildman–Crippen LogP) is 3.57. The molecular weight excluding hydrogens is 362 g/mol. The number of aryl methyl sites for hydroxylation is 1. The summed E-state index contributed by atoms with van der Waals surface area (Å²) in [5.74, 6) is -0.180. The summed E-state index contributed by atoms with van der Waals surface area (Å²) in [5, 5.41) is 5.64. The first-order chi connectivity index (χ1) is 13.8. The molecule has 0 saturated carbocycles. The van der Waals surface area contributed by atoms with E-state index in [0.717, 1.165) is 11.1 Å². The molecule has 0 atom stereocenters. The second-order valence-electron chi connectivity index (χ2n) is 7.76. The Morgan fingerprint density at radius 1 is 1.00 bits per heavy atom. The van der Waals surface area contributed by atoms with Crippen LogP contribution in [0.1, 0.15) is 46.8 Å². The second-order valence-corrected chi connectivity index (χ2v) is 7.76. The number of benzene rings is 2. The van der Waals surface area contributed by atoms with Crippen LogP contribution in [0.3, 0.4) is 0 Å². The molecule has 29 heavy (non-hydrogen) atoms. The summed E-state index contributed by atoms with van der Waals surface area (Å²) in [6, 6.07) is 15.3. The average molecular weight is 394 g/mol. The SMILES string of the molecule is Cc1ccc(C(=O)NC(=Cc2ccc(C(C)C)cc2)C(=O)NCCN(C)C)cc1. The highest BCUT2D eigenvalue weighted by Crippen LogP contribution is 2.16. The van der Waals surface area contributed by atoms with Gasteiger partial charge in [-0.2, -0.15) is 0 Å². The summed E-state index contributed by atoms with van der Waals surface area (Å²) in [7, 11) is 3.89. The van der Waals surface area contributed by atoms with Gasteiger partial charge in [-0.15, -0.1) is 0 Å². The number of carbonyl (C=O) groups excluding carboxylic acids is 2. The maximum Gasteiger partial charge on any atom is 0.267 e. The lowest BCUT2D eigenvalue weighted by Crippen LogP contribution is -2.37. The van der Waals surface area contributed by atoms with Crippen LogP contribution < -0.4 is 10.6 Å². The molecule has 0 aliphatic carbocycles. The first kappa shape index (κ1) is 22.4. The van der Waals surface area contributed by atoms with Crippen molar-refractivity contribution in [2.45, 2.75) is 26.7 Å². The van der Waals surface area contributed by atoms with Gasteiger partial charge in [0.2, 0.25) is 0 Å². The minimum atomic E-state index is -0.308. The monoisotopic (exact) mass is 393 g/mol. The molecule has 0 spiro atoms. The van der Waals surface area contributed by atoms with Crippen LogP contribution in [0.2, 0.25) is 0 Å². The number of carbonyl (C=O) groups is 2. The van der Waals surface area contributed by atoms with Gasteiger partial charge in [0.15, 0.2) is 0 Å². The molecule has 0 aliphatic rings. The first-order valence-electron chi connectivity index (χ1n) is 9.89. The Kier molecular flexibility index (Phi) is 8.16. The molecule has 2 rings (SSSR count). The van der Waals surface area contributed by atoms with E-state index in [1.54, 1.807) is 18.2 Å². The third kappa shape index (κ3) is 7.20.